The van der Waals surface area contributed by atoms with E-state index in [0.29, 0.717) is 43.4 Å². The molecule has 0 unspecified atom stereocenters. The average molecular weight is 471 g/mol. The van der Waals surface area contributed by atoms with Crippen molar-refractivity contribution in [3.05, 3.63) is 53.6 Å². The van der Waals surface area contributed by atoms with Crippen molar-refractivity contribution in [3.8, 4) is 17.2 Å². The van der Waals surface area contributed by atoms with Gasteiger partial charge in [-0.1, -0.05) is 6.07 Å². The third-order valence-corrected chi connectivity index (χ3v) is 6.31. The molecule has 0 bridgehead atoms. The van der Waals surface area contributed by atoms with Crippen molar-refractivity contribution in [3.63, 3.8) is 0 Å². The maximum atomic E-state index is 12.9. The summed E-state index contributed by atoms with van der Waals surface area (Å²) in [5.41, 5.74) is 1.65. The van der Waals surface area contributed by atoms with E-state index in [0.717, 1.165) is 43.9 Å². The Bertz CT molecular complexity index is 923. The SMILES string of the molecule is COc1ccc([C@@H](CNC(=O)c2ccc(OC[C@@H]3CCCO3)cc2)N2CCOCC2)cc1OC. The van der Waals surface area contributed by atoms with Crippen LogP contribution in [0.15, 0.2) is 42.5 Å². The maximum absolute atomic E-state index is 12.9. The van der Waals surface area contributed by atoms with Crippen molar-refractivity contribution in [1.82, 2.24) is 10.2 Å². The molecule has 2 aliphatic heterocycles. The standard InChI is InChI=1S/C26H34N2O6/c1-30-24-10-7-20(16-25(24)31-2)23(28-11-14-32-15-12-28)17-27-26(29)19-5-8-21(9-6-19)34-18-22-4-3-13-33-22/h5-10,16,22-23H,3-4,11-15,17-18H2,1-2H3,(H,27,29)/t22-,23+/m0/s1. The molecule has 0 spiro atoms. The molecule has 2 atom stereocenters. The zero-order chi connectivity index (χ0) is 23.8. The Hall–Kier alpha value is -2.81. The minimum atomic E-state index is -0.121. The Morgan fingerprint density at radius 1 is 1.06 bits per heavy atom. The van der Waals surface area contributed by atoms with Crippen molar-refractivity contribution in [1.29, 1.82) is 0 Å². The number of methoxy groups -OCH3 is 2. The van der Waals surface area contributed by atoms with Crippen LogP contribution in [0.1, 0.15) is 34.8 Å². The molecule has 0 aliphatic carbocycles. The summed E-state index contributed by atoms with van der Waals surface area (Å²) in [6.45, 7) is 4.75. The van der Waals surface area contributed by atoms with Crippen LogP contribution in [0.25, 0.3) is 0 Å². The molecule has 1 N–H and O–H groups in total. The fourth-order valence-electron chi connectivity index (χ4n) is 4.37. The molecule has 184 valence electrons. The summed E-state index contributed by atoms with van der Waals surface area (Å²) in [4.78, 5) is 15.2. The minimum Gasteiger partial charge on any atom is -0.493 e. The molecule has 0 aromatic heterocycles. The Kier molecular flexibility index (Phi) is 8.62. The molecule has 2 aromatic rings. The van der Waals surface area contributed by atoms with Crippen molar-refractivity contribution in [2.45, 2.75) is 25.0 Å². The predicted octanol–water partition coefficient (Wildman–Crippen LogP) is 3.06. The zero-order valence-electron chi connectivity index (χ0n) is 20.0. The van der Waals surface area contributed by atoms with Crippen LogP contribution in [-0.2, 0) is 9.47 Å². The predicted molar refractivity (Wildman–Crippen MR) is 128 cm³/mol. The molecule has 2 heterocycles. The number of hydrogen-bond donors (Lipinski definition) is 1. The molecule has 1 amide bonds. The lowest BCUT2D eigenvalue weighted by molar-refractivity contribution is 0.0162. The van der Waals surface area contributed by atoms with Gasteiger partial charge in [0.05, 0.1) is 39.6 Å². The molecular formula is C26H34N2O6. The number of hydrogen-bond acceptors (Lipinski definition) is 7. The highest BCUT2D eigenvalue weighted by Crippen LogP contribution is 2.32. The van der Waals surface area contributed by atoms with Crippen LogP contribution in [-0.4, -0.2) is 77.2 Å². The van der Waals surface area contributed by atoms with Gasteiger partial charge in [0.15, 0.2) is 11.5 Å². The van der Waals surface area contributed by atoms with E-state index in [9.17, 15) is 4.79 Å². The zero-order valence-corrected chi connectivity index (χ0v) is 20.0. The smallest absolute Gasteiger partial charge is 0.251 e. The fraction of sp³-hybridized carbons (Fsp3) is 0.500. The van der Waals surface area contributed by atoms with E-state index in [1.54, 1.807) is 26.4 Å². The molecule has 8 nitrogen and oxygen atoms in total. The van der Waals surface area contributed by atoms with E-state index in [-0.39, 0.29) is 18.1 Å². The summed E-state index contributed by atoms with van der Waals surface area (Å²) < 4.78 is 27.8. The van der Waals surface area contributed by atoms with Gasteiger partial charge >= 0.3 is 0 Å². The first kappa shape index (κ1) is 24.3. The van der Waals surface area contributed by atoms with Crippen molar-refractivity contribution >= 4 is 5.91 Å². The van der Waals surface area contributed by atoms with E-state index < -0.39 is 0 Å². The molecule has 8 heteroatoms. The monoisotopic (exact) mass is 470 g/mol. The van der Waals surface area contributed by atoms with Crippen LogP contribution in [0.5, 0.6) is 17.2 Å². The number of carbonyl (C=O) groups excluding carboxylic acids is 1. The number of rotatable bonds is 10. The minimum absolute atomic E-state index is 0.0123. The van der Waals surface area contributed by atoms with E-state index in [4.69, 9.17) is 23.7 Å². The van der Waals surface area contributed by atoms with Gasteiger partial charge < -0.3 is 29.0 Å². The number of nitrogens with zero attached hydrogens (tertiary/aromatic N) is 1. The van der Waals surface area contributed by atoms with Gasteiger partial charge in [0, 0.05) is 31.8 Å². The molecular weight excluding hydrogens is 436 g/mol. The van der Waals surface area contributed by atoms with Gasteiger partial charge in [-0.05, 0) is 54.8 Å². The molecule has 2 fully saturated rings. The van der Waals surface area contributed by atoms with Crippen LogP contribution >= 0.6 is 0 Å². The molecule has 2 saturated heterocycles. The third kappa shape index (κ3) is 6.20. The van der Waals surface area contributed by atoms with Gasteiger partial charge in [0.2, 0.25) is 0 Å². The summed E-state index contributed by atoms with van der Waals surface area (Å²) in [5, 5.41) is 3.10. The maximum Gasteiger partial charge on any atom is 0.251 e. The highest BCUT2D eigenvalue weighted by atomic mass is 16.5. The first-order valence-corrected chi connectivity index (χ1v) is 11.8. The van der Waals surface area contributed by atoms with Crippen molar-refractivity contribution in [2.24, 2.45) is 0 Å². The largest absolute Gasteiger partial charge is 0.493 e. The van der Waals surface area contributed by atoms with Crippen LogP contribution in [0.3, 0.4) is 0 Å². The third-order valence-electron chi connectivity index (χ3n) is 6.31. The highest BCUT2D eigenvalue weighted by molar-refractivity contribution is 5.94. The van der Waals surface area contributed by atoms with Crippen molar-refractivity contribution < 1.29 is 28.5 Å². The van der Waals surface area contributed by atoms with Crippen LogP contribution in [0.4, 0.5) is 0 Å². The van der Waals surface area contributed by atoms with Crippen LogP contribution < -0.4 is 19.5 Å². The Labute approximate surface area is 201 Å². The second kappa shape index (κ2) is 12.1. The molecule has 2 aromatic carbocycles. The summed E-state index contributed by atoms with van der Waals surface area (Å²) in [5.74, 6) is 1.97. The van der Waals surface area contributed by atoms with Gasteiger partial charge in [0.1, 0.15) is 12.4 Å². The van der Waals surface area contributed by atoms with Gasteiger partial charge in [-0.15, -0.1) is 0 Å². The van der Waals surface area contributed by atoms with E-state index in [1.807, 2.05) is 30.3 Å². The van der Waals surface area contributed by atoms with E-state index in [1.165, 1.54) is 0 Å². The molecule has 0 radical (unpaired) electrons. The lowest BCUT2D eigenvalue weighted by atomic mass is 10.0. The highest BCUT2D eigenvalue weighted by Gasteiger charge is 2.24. The van der Waals surface area contributed by atoms with Crippen LogP contribution in [0.2, 0.25) is 0 Å². The van der Waals surface area contributed by atoms with E-state index >= 15 is 0 Å². The van der Waals surface area contributed by atoms with Gasteiger partial charge in [-0.2, -0.15) is 0 Å². The first-order chi connectivity index (χ1) is 16.7. The lowest BCUT2D eigenvalue weighted by Gasteiger charge is -2.35. The second-order valence-corrected chi connectivity index (χ2v) is 8.46. The molecule has 0 saturated carbocycles. The molecule has 34 heavy (non-hydrogen) atoms. The number of carbonyl (C=O) groups is 1. The summed E-state index contributed by atoms with van der Waals surface area (Å²) in [6.07, 6.45) is 2.28. The average Bonchev–Trinajstić information content (AvgIpc) is 3.42. The lowest BCUT2D eigenvalue weighted by Crippen LogP contribution is -2.43. The number of ether oxygens (including phenoxy) is 5. The number of amides is 1. The quantitative estimate of drug-likeness (QED) is 0.572. The number of benzene rings is 2. The van der Waals surface area contributed by atoms with Crippen LogP contribution in [0, 0.1) is 0 Å². The molecule has 4 rings (SSSR count). The number of morpholine rings is 1. The first-order valence-electron chi connectivity index (χ1n) is 11.8. The van der Waals surface area contributed by atoms with E-state index in [2.05, 4.69) is 10.2 Å². The topological polar surface area (TPSA) is 78.5 Å². The Morgan fingerprint density at radius 2 is 1.82 bits per heavy atom. The summed E-state index contributed by atoms with van der Waals surface area (Å²) >= 11 is 0. The summed E-state index contributed by atoms with van der Waals surface area (Å²) in [7, 11) is 3.25. The Balaban J connectivity index is 1.40. The summed E-state index contributed by atoms with van der Waals surface area (Å²) in [6, 6.07) is 13.1. The Morgan fingerprint density at radius 3 is 2.50 bits per heavy atom. The van der Waals surface area contributed by atoms with Gasteiger partial charge in [-0.25, -0.2) is 0 Å². The van der Waals surface area contributed by atoms with Crippen molar-refractivity contribution in [2.75, 3.05) is 60.3 Å². The van der Waals surface area contributed by atoms with Gasteiger partial charge in [-0.3, -0.25) is 9.69 Å². The second-order valence-electron chi connectivity index (χ2n) is 8.46. The fourth-order valence-corrected chi connectivity index (χ4v) is 4.37. The molecule has 2 aliphatic rings. The number of nitrogens with one attached hydrogen (secondary N) is 1. The normalized spacial score (nSPS) is 19.4. The van der Waals surface area contributed by atoms with Gasteiger partial charge in [0.25, 0.3) is 5.91 Å².